The predicted octanol–water partition coefficient (Wildman–Crippen LogP) is -3.38. The molecule has 10 nitrogen and oxygen atoms in total. The van der Waals surface area contributed by atoms with Gasteiger partial charge in [0, 0.05) is 6.61 Å². The molecule has 2 heterocycles. The van der Waals surface area contributed by atoms with Gasteiger partial charge in [0.1, 0.15) is 42.7 Å². The first-order chi connectivity index (χ1) is 11.8. The van der Waals surface area contributed by atoms with E-state index in [1.165, 1.54) is 0 Å². The molecule has 148 valence electrons. The van der Waals surface area contributed by atoms with Gasteiger partial charge in [-0.1, -0.05) is 0 Å². The summed E-state index contributed by atoms with van der Waals surface area (Å²) in [5, 5.41) is 58.1. The summed E-state index contributed by atoms with van der Waals surface area (Å²) < 4.78 is 34.9. The summed E-state index contributed by atoms with van der Waals surface area (Å²) in [5.41, 5.74) is 0. The number of aliphatic hydroxyl groups is 6. The van der Waals surface area contributed by atoms with Crippen molar-refractivity contribution >= 4 is 0 Å². The highest BCUT2D eigenvalue weighted by Gasteiger charge is 2.51. The molecule has 6 N–H and O–H groups in total. The summed E-state index contributed by atoms with van der Waals surface area (Å²) in [5.74, 6) is 0. The average molecular weight is 371 g/mol. The molecular formula is C14H25FO10. The molecule has 0 amide bonds. The molecule has 0 saturated carbocycles. The maximum atomic E-state index is 14.2. The molecule has 0 radical (unpaired) electrons. The molecule has 2 rings (SSSR count). The lowest BCUT2D eigenvalue weighted by atomic mass is 9.97. The van der Waals surface area contributed by atoms with E-state index in [0.717, 1.165) is 0 Å². The van der Waals surface area contributed by atoms with Crippen molar-refractivity contribution in [1.82, 2.24) is 0 Å². The van der Waals surface area contributed by atoms with Gasteiger partial charge in [0.2, 0.25) is 0 Å². The Labute approximate surface area is 143 Å². The maximum absolute atomic E-state index is 14.2. The van der Waals surface area contributed by atoms with Gasteiger partial charge in [-0.15, -0.1) is 0 Å². The summed E-state index contributed by atoms with van der Waals surface area (Å²) in [6, 6.07) is 0. The number of halogens is 1. The highest BCUT2D eigenvalue weighted by Crippen LogP contribution is 2.30. The number of rotatable bonds is 6. The van der Waals surface area contributed by atoms with Crippen molar-refractivity contribution in [2.45, 2.75) is 68.4 Å². The van der Waals surface area contributed by atoms with Gasteiger partial charge in [0.15, 0.2) is 18.8 Å². The van der Waals surface area contributed by atoms with Crippen molar-refractivity contribution in [2.75, 3.05) is 19.8 Å². The fourth-order valence-electron chi connectivity index (χ4n) is 2.83. The molecule has 10 atom stereocenters. The van der Waals surface area contributed by atoms with E-state index in [9.17, 15) is 29.9 Å². The summed E-state index contributed by atoms with van der Waals surface area (Å²) in [6.07, 6.45) is -15.6. The molecule has 2 aliphatic heterocycles. The van der Waals surface area contributed by atoms with E-state index in [4.69, 9.17) is 24.1 Å². The van der Waals surface area contributed by atoms with E-state index < -0.39 is 74.7 Å². The van der Waals surface area contributed by atoms with E-state index in [1.807, 2.05) is 0 Å². The summed E-state index contributed by atoms with van der Waals surface area (Å²) >= 11 is 0. The number of ether oxygens (including phenoxy) is 4. The van der Waals surface area contributed by atoms with Gasteiger partial charge in [-0.05, 0) is 6.92 Å². The molecule has 25 heavy (non-hydrogen) atoms. The monoisotopic (exact) mass is 371 g/mol. The fourth-order valence-corrected chi connectivity index (χ4v) is 2.83. The Morgan fingerprint density at radius 3 is 2.00 bits per heavy atom. The third kappa shape index (κ3) is 4.27. The van der Waals surface area contributed by atoms with Gasteiger partial charge < -0.3 is 49.6 Å². The lowest BCUT2D eigenvalue weighted by Gasteiger charge is -2.45. The van der Waals surface area contributed by atoms with E-state index >= 15 is 0 Å². The van der Waals surface area contributed by atoms with Crippen LogP contribution in [0, 0.1) is 0 Å². The van der Waals surface area contributed by atoms with Crippen LogP contribution in [0.1, 0.15) is 6.92 Å². The Hall–Kier alpha value is -0.470. The topological polar surface area (TPSA) is 158 Å². The molecular weight excluding hydrogens is 346 g/mol. The van der Waals surface area contributed by atoms with Crippen molar-refractivity contribution < 1.29 is 54.0 Å². The third-order valence-electron chi connectivity index (χ3n) is 4.25. The molecule has 0 aromatic rings. The van der Waals surface area contributed by atoms with Crippen LogP contribution in [0.4, 0.5) is 4.39 Å². The molecule has 2 fully saturated rings. The highest BCUT2D eigenvalue weighted by molar-refractivity contribution is 4.94. The summed E-state index contributed by atoms with van der Waals surface area (Å²) in [7, 11) is 0. The Morgan fingerprint density at radius 1 is 0.840 bits per heavy atom. The van der Waals surface area contributed by atoms with Crippen LogP contribution in [0.3, 0.4) is 0 Å². The maximum Gasteiger partial charge on any atom is 0.191 e. The van der Waals surface area contributed by atoms with Crippen LogP contribution >= 0.6 is 0 Å². The molecule has 0 aromatic carbocycles. The zero-order chi connectivity index (χ0) is 18.7. The third-order valence-corrected chi connectivity index (χ3v) is 4.25. The van der Waals surface area contributed by atoms with Crippen molar-refractivity contribution in [1.29, 1.82) is 0 Å². The lowest BCUT2D eigenvalue weighted by Crippen LogP contribution is -2.64. The van der Waals surface area contributed by atoms with Crippen LogP contribution in [-0.4, -0.2) is 112 Å². The number of alkyl halides is 1. The molecule has 0 spiro atoms. The first-order valence-electron chi connectivity index (χ1n) is 8.01. The number of hydrogen-bond donors (Lipinski definition) is 6. The highest BCUT2D eigenvalue weighted by atomic mass is 18.2. The van der Waals surface area contributed by atoms with Gasteiger partial charge in [0.05, 0.1) is 13.2 Å². The Bertz CT molecular complexity index is 411. The first kappa shape index (κ1) is 20.8. The standard InChI is InChI=1S/C14H25FO10/c1-2-22-13-7(15)9(19)12(6(4-17)24-13)25-14-11(21)10(20)8(18)5(3-16)23-14/h5-14,16-21H,2-4H2,1H3/i15-1. The van der Waals surface area contributed by atoms with E-state index in [2.05, 4.69) is 0 Å². The SMILES string of the molecule is CCOC1OC(CO)C(OC2OC(CO)C(O)C(O)C2O)C(O)C1[18F]. The normalized spacial score (nSPS) is 48.5. The van der Waals surface area contributed by atoms with E-state index in [1.54, 1.807) is 6.92 Å². The quantitative estimate of drug-likeness (QED) is 0.278. The lowest BCUT2D eigenvalue weighted by molar-refractivity contribution is -0.353. The van der Waals surface area contributed by atoms with Crippen LogP contribution in [0.5, 0.6) is 0 Å². The average Bonchev–Trinajstić information content (AvgIpc) is 2.61. The predicted molar refractivity (Wildman–Crippen MR) is 76.9 cm³/mol. The van der Waals surface area contributed by atoms with Gasteiger partial charge in [0.25, 0.3) is 0 Å². The Balaban J connectivity index is 2.11. The van der Waals surface area contributed by atoms with Gasteiger partial charge >= 0.3 is 0 Å². The van der Waals surface area contributed by atoms with Crippen molar-refractivity contribution in [3.8, 4) is 0 Å². The first-order valence-corrected chi connectivity index (χ1v) is 8.01. The molecule has 10 unspecified atom stereocenters. The molecule has 11 heteroatoms. The smallest absolute Gasteiger partial charge is 0.191 e. The van der Waals surface area contributed by atoms with Gasteiger partial charge in [-0.2, -0.15) is 0 Å². The molecule has 0 aromatic heterocycles. The Kier molecular flexibility index (Phi) is 7.46. The minimum atomic E-state index is -1.99. The zero-order valence-corrected chi connectivity index (χ0v) is 13.6. The van der Waals surface area contributed by atoms with Gasteiger partial charge in [-0.3, -0.25) is 0 Å². The second kappa shape index (κ2) is 8.95. The van der Waals surface area contributed by atoms with E-state index in [-0.39, 0.29) is 6.61 Å². The molecule has 0 bridgehead atoms. The minimum Gasteiger partial charge on any atom is -0.394 e. The van der Waals surface area contributed by atoms with E-state index in [0.29, 0.717) is 0 Å². The second-order valence-electron chi connectivity index (χ2n) is 5.91. The number of aliphatic hydroxyl groups excluding tert-OH is 6. The molecule has 2 aliphatic rings. The Morgan fingerprint density at radius 2 is 1.44 bits per heavy atom. The van der Waals surface area contributed by atoms with Gasteiger partial charge in [-0.25, -0.2) is 4.39 Å². The minimum absolute atomic E-state index is 0.119. The molecule has 2 saturated heterocycles. The second-order valence-corrected chi connectivity index (χ2v) is 5.91. The largest absolute Gasteiger partial charge is 0.394 e. The van der Waals surface area contributed by atoms with Crippen molar-refractivity contribution in [3.05, 3.63) is 0 Å². The van der Waals surface area contributed by atoms with Crippen molar-refractivity contribution in [3.63, 3.8) is 0 Å². The van der Waals surface area contributed by atoms with Crippen LogP contribution < -0.4 is 0 Å². The summed E-state index contributed by atoms with van der Waals surface area (Å²) in [4.78, 5) is 0. The van der Waals surface area contributed by atoms with Crippen LogP contribution in [-0.2, 0) is 18.9 Å². The number of hydrogen-bond acceptors (Lipinski definition) is 10. The fraction of sp³-hybridized carbons (Fsp3) is 1.00. The van der Waals surface area contributed by atoms with Crippen molar-refractivity contribution in [2.24, 2.45) is 0 Å². The van der Waals surface area contributed by atoms with Crippen LogP contribution in [0.15, 0.2) is 0 Å². The molecule has 0 aliphatic carbocycles. The zero-order valence-electron chi connectivity index (χ0n) is 13.6. The summed E-state index contributed by atoms with van der Waals surface area (Å²) in [6.45, 7) is 0.409. The van der Waals surface area contributed by atoms with Crippen LogP contribution in [0.2, 0.25) is 0 Å². The van der Waals surface area contributed by atoms with Crippen LogP contribution in [0.25, 0.3) is 0 Å².